The van der Waals surface area contributed by atoms with Crippen LogP contribution in [0.5, 0.6) is 0 Å². The molecule has 3 fully saturated rings. The zero-order valence-corrected chi connectivity index (χ0v) is 27.3. The van der Waals surface area contributed by atoms with Crippen molar-refractivity contribution in [1.29, 1.82) is 0 Å². The summed E-state index contributed by atoms with van der Waals surface area (Å²) in [7, 11) is 3.86. The monoisotopic (exact) mass is 638 g/mol. The molecule has 246 valence electrons. The van der Waals surface area contributed by atoms with Gasteiger partial charge in [0, 0.05) is 18.6 Å². The molecule has 4 aromatic rings. The van der Waals surface area contributed by atoms with Crippen molar-refractivity contribution in [3.8, 4) is 16.8 Å². The van der Waals surface area contributed by atoms with Crippen LogP contribution in [0.15, 0.2) is 70.4 Å². The van der Waals surface area contributed by atoms with E-state index in [-0.39, 0.29) is 29.0 Å². The summed E-state index contributed by atoms with van der Waals surface area (Å²) in [5.74, 6) is -0.583. The van der Waals surface area contributed by atoms with Crippen LogP contribution in [0.3, 0.4) is 0 Å². The second-order valence-electron chi connectivity index (χ2n) is 13.8. The molecule has 1 N–H and O–H groups in total. The highest BCUT2D eigenvalue weighted by atomic mass is 19.1. The Labute approximate surface area is 274 Å². The van der Waals surface area contributed by atoms with Crippen molar-refractivity contribution in [3.05, 3.63) is 93.0 Å². The van der Waals surface area contributed by atoms with Crippen LogP contribution in [-0.4, -0.2) is 68.6 Å². The first-order valence-electron chi connectivity index (χ1n) is 17.0. The molecule has 7 rings (SSSR count). The van der Waals surface area contributed by atoms with E-state index < -0.39 is 22.6 Å². The summed E-state index contributed by atoms with van der Waals surface area (Å²) in [5, 5.41) is 3.27. The first-order chi connectivity index (χ1) is 22.7. The van der Waals surface area contributed by atoms with Gasteiger partial charge in [-0.05, 0) is 113 Å². The number of pyridine rings is 1. The zero-order chi connectivity index (χ0) is 32.7. The van der Waals surface area contributed by atoms with E-state index in [4.69, 9.17) is 0 Å². The second-order valence-corrected chi connectivity index (χ2v) is 13.8. The Hall–Kier alpha value is -4.15. The van der Waals surface area contributed by atoms with Crippen molar-refractivity contribution < 1.29 is 9.18 Å². The Morgan fingerprint density at radius 3 is 2.36 bits per heavy atom. The standard InChI is InChI=1S/C37H43FN6O3/c1-41(2)37(17-18-37)35(46)40-29-13-15-30(16-14-29)44-34(45)32-22-28(38)23-39-33(32)43(36(44)47)31-8-6-7-27(21-31)26-11-9-25(10-12-26)24-42-19-4-3-5-20-42/h6-12,21-23,29-30H,3-5,13-20,24H2,1-2H3,(H,40,46)/t29-,30+. The molecule has 10 heteroatoms. The molecule has 47 heavy (non-hydrogen) atoms. The molecule has 1 saturated heterocycles. The minimum absolute atomic E-state index is 0.0170. The van der Waals surface area contributed by atoms with Gasteiger partial charge in [-0.25, -0.2) is 18.7 Å². The highest BCUT2D eigenvalue weighted by Gasteiger charge is 2.52. The van der Waals surface area contributed by atoms with E-state index in [0.717, 1.165) is 49.8 Å². The number of likely N-dealkylation sites (tertiary alicyclic amines) is 1. The number of aromatic nitrogens is 3. The Bertz CT molecular complexity index is 1900. The summed E-state index contributed by atoms with van der Waals surface area (Å²) in [6.07, 6.45) is 8.96. The van der Waals surface area contributed by atoms with E-state index in [1.165, 1.54) is 40.0 Å². The number of amides is 1. The summed E-state index contributed by atoms with van der Waals surface area (Å²) in [6.45, 7) is 3.22. The van der Waals surface area contributed by atoms with Crippen LogP contribution in [-0.2, 0) is 11.3 Å². The third-order valence-corrected chi connectivity index (χ3v) is 10.5. The van der Waals surface area contributed by atoms with Crippen molar-refractivity contribution in [2.24, 2.45) is 0 Å². The van der Waals surface area contributed by atoms with Crippen molar-refractivity contribution in [2.45, 2.75) is 82.0 Å². The first kappa shape index (κ1) is 31.4. The Balaban J connectivity index is 1.17. The van der Waals surface area contributed by atoms with Gasteiger partial charge in [-0.3, -0.25) is 24.0 Å². The summed E-state index contributed by atoms with van der Waals surface area (Å²) >= 11 is 0. The van der Waals surface area contributed by atoms with E-state index in [2.05, 4.69) is 39.5 Å². The van der Waals surface area contributed by atoms with E-state index in [9.17, 15) is 18.8 Å². The van der Waals surface area contributed by atoms with Gasteiger partial charge < -0.3 is 5.32 Å². The van der Waals surface area contributed by atoms with Crippen molar-refractivity contribution in [3.63, 3.8) is 0 Å². The van der Waals surface area contributed by atoms with Crippen LogP contribution in [0, 0.1) is 5.82 Å². The lowest BCUT2D eigenvalue weighted by molar-refractivity contribution is -0.128. The molecule has 3 aliphatic rings. The van der Waals surface area contributed by atoms with E-state index in [0.29, 0.717) is 31.4 Å². The molecule has 0 unspecified atom stereocenters. The number of benzene rings is 2. The highest BCUT2D eigenvalue weighted by Crippen LogP contribution is 2.41. The van der Waals surface area contributed by atoms with Crippen LogP contribution in [0.4, 0.5) is 4.39 Å². The fourth-order valence-corrected chi connectivity index (χ4v) is 7.53. The summed E-state index contributed by atoms with van der Waals surface area (Å²) in [6, 6.07) is 16.9. The van der Waals surface area contributed by atoms with Gasteiger partial charge in [-0.1, -0.05) is 42.8 Å². The number of likely N-dealkylation sites (N-methyl/N-ethyl adjacent to an activating group) is 1. The number of halogens is 1. The van der Waals surface area contributed by atoms with E-state index >= 15 is 0 Å². The number of hydrogen-bond acceptors (Lipinski definition) is 6. The number of carbonyl (C=O) groups is 1. The van der Waals surface area contributed by atoms with Crippen molar-refractivity contribution in [2.75, 3.05) is 27.2 Å². The maximum atomic E-state index is 14.5. The lowest BCUT2D eigenvalue weighted by Gasteiger charge is -2.32. The van der Waals surface area contributed by atoms with Crippen molar-refractivity contribution in [1.82, 2.24) is 29.2 Å². The zero-order valence-electron chi connectivity index (χ0n) is 27.3. The maximum absolute atomic E-state index is 14.5. The molecule has 2 aliphatic carbocycles. The molecule has 2 saturated carbocycles. The molecule has 1 amide bonds. The average Bonchev–Trinajstić information content (AvgIpc) is 3.90. The average molecular weight is 639 g/mol. The predicted molar refractivity (Wildman–Crippen MR) is 181 cm³/mol. The molecule has 0 radical (unpaired) electrons. The number of carbonyl (C=O) groups excluding carboxylic acids is 1. The lowest BCUT2D eigenvalue weighted by Crippen LogP contribution is -2.50. The maximum Gasteiger partial charge on any atom is 0.337 e. The number of rotatable bonds is 8. The van der Waals surface area contributed by atoms with Gasteiger partial charge in [0.15, 0.2) is 5.65 Å². The van der Waals surface area contributed by atoms with Gasteiger partial charge in [0.25, 0.3) is 5.56 Å². The summed E-state index contributed by atoms with van der Waals surface area (Å²) in [5.41, 5.74) is 2.45. The minimum atomic E-state index is -0.633. The van der Waals surface area contributed by atoms with Gasteiger partial charge in [0.05, 0.1) is 22.8 Å². The molecular formula is C37H43FN6O3. The molecular weight excluding hydrogens is 595 g/mol. The Morgan fingerprint density at radius 1 is 0.957 bits per heavy atom. The molecule has 1 aliphatic heterocycles. The number of hydrogen-bond donors (Lipinski definition) is 1. The van der Waals surface area contributed by atoms with Gasteiger partial charge in [-0.2, -0.15) is 0 Å². The van der Waals surface area contributed by atoms with Crippen LogP contribution in [0.25, 0.3) is 27.8 Å². The largest absolute Gasteiger partial charge is 0.352 e. The van der Waals surface area contributed by atoms with Crippen LogP contribution in [0.1, 0.15) is 69.4 Å². The highest BCUT2D eigenvalue weighted by molar-refractivity contribution is 5.89. The van der Waals surface area contributed by atoms with Gasteiger partial charge in [0.2, 0.25) is 5.91 Å². The lowest BCUT2D eigenvalue weighted by atomic mass is 9.90. The van der Waals surface area contributed by atoms with Gasteiger partial charge in [0.1, 0.15) is 5.82 Å². The fourth-order valence-electron chi connectivity index (χ4n) is 7.53. The summed E-state index contributed by atoms with van der Waals surface area (Å²) in [4.78, 5) is 49.8. The second kappa shape index (κ2) is 12.8. The normalized spacial score (nSPS) is 21.2. The number of fused-ring (bicyclic) bond motifs is 1. The minimum Gasteiger partial charge on any atom is -0.352 e. The van der Waals surface area contributed by atoms with Crippen molar-refractivity contribution >= 4 is 16.9 Å². The topological polar surface area (TPSA) is 92.5 Å². The Morgan fingerprint density at radius 2 is 1.68 bits per heavy atom. The molecule has 2 aromatic heterocycles. The van der Waals surface area contributed by atoms with Gasteiger partial charge in [-0.15, -0.1) is 0 Å². The fraction of sp³-hybridized carbons (Fsp3) is 0.459. The predicted octanol–water partition coefficient (Wildman–Crippen LogP) is 5.03. The molecule has 3 heterocycles. The number of nitrogens with one attached hydrogen (secondary N) is 1. The van der Waals surface area contributed by atoms with Gasteiger partial charge >= 0.3 is 5.69 Å². The van der Waals surface area contributed by atoms with E-state index in [1.807, 2.05) is 43.3 Å². The first-order valence-corrected chi connectivity index (χ1v) is 17.0. The molecule has 0 spiro atoms. The quantitative estimate of drug-likeness (QED) is 0.291. The third kappa shape index (κ3) is 6.16. The van der Waals surface area contributed by atoms with Crippen LogP contribution < -0.4 is 16.6 Å². The molecule has 9 nitrogen and oxygen atoms in total. The number of nitrogens with zero attached hydrogens (tertiary/aromatic N) is 5. The molecule has 2 aromatic carbocycles. The SMILES string of the molecule is CN(C)C1(C(=O)N[C@H]2CC[C@@H](n3c(=O)c4cc(F)cnc4n(-c4cccc(-c5ccc(CN6CCCCC6)cc5)c4)c3=O)CC2)CC1. The van der Waals surface area contributed by atoms with Crippen LogP contribution in [0.2, 0.25) is 0 Å². The molecule has 0 atom stereocenters. The third-order valence-electron chi connectivity index (χ3n) is 10.5. The van der Waals surface area contributed by atoms with E-state index in [1.54, 1.807) is 0 Å². The smallest absolute Gasteiger partial charge is 0.337 e. The summed E-state index contributed by atoms with van der Waals surface area (Å²) < 4.78 is 17.2. The van der Waals surface area contributed by atoms with Crippen LogP contribution >= 0.6 is 0 Å². The molecule has 0 bridgehead atoms. The number of piperidine rings is 1. The Kier molecular flexibility index (Phi) is 8.57.